The largest absolute Gasteiger partial charge is 0.481 e. The maximum Gasteiger partial charge on any atom is 0.303 e. The predicted molar refractivity (Wildman–Crippen MR) is 419 cm³/mol. The molecule has 646 valence electrons. The van der Waals surface area contributed by atoms with Crippen LogP contribution in [0, 0.1) is 0 Å². The molecule has 5 aromatic heterocycles. The number of carbonyl (C=O) groups excluding carboxylic acids is 7. The van der Waals surface area contributed by atoms with Gasteiger partial charge in [0.1, 0.15) is 11.6 Å². The number of rotatable bonds is 72. The maximum absolute atomic E-state index is 13.6. The first kappa shape index (κ1) is 96.9. The lowest BCUT2D eigenvalue weighted by Gasteiger charge is -2.22. The molecule has 0 bridgehead atoms. The number of nitrogens with one attached hydrogen (secondary N) is 7. The highest BCUT2D eigenvalue weighted by Gasteiger charge is 2.21. The molecule has 8 N–H and O–H groups in total. The first-order valence-corrected chi connectivity index (χ1v) is 38.4. The third kappa shape index (κ3) is 44.8. The molecule has 41 heteroatoms. The standard InChI is InChI=1S/C74H120N16O25/c1-85-19-16-75-70(85)72(98)77-59-53-63(83-67(94)13-11-64(91)78-60-56-87(3)71(80-60)73(99)76-58-52-62(86(2)54-58)82-66(93)12-10-65(92)79-61-57-88(4)74(81-61)84-68(95)14-15-69(96)97)90(55-59)18-9-7-8-17-89(20-22-102-28-30-106-36-38-110-44-46-114-50-48-112-42-40-108-34-32-104-26-24-100-5)21-23-103-29-31-107-37-39-111-45-47-115-51-49-113-43-41-109-35-33-105-27-25-101-6/h16,19,52-57H,7-15,17-18,20-51H2,1-6H3,(H,76,99)(H,77,98)(H,78,91)(H,79,92)(H,82,93)(H,83,94)(H,96,97)(H,81,84,95). The molecule has 0 aliphatic carbocycles. The summed E-state index contributed by atoms with van der Waals surface area (Å²) < 4.78 is 96.2. The molecule has 0 aliphatic heterocycles. The van der Waals surface area contributed by atoms with Crippen LogP contribution in [0.5, 0.6) is 0 Å². The fourth-order valence-electron chi connectivity index (χ4n) is 10.3. The number of unbranched alkanes of at least 4 members (excludes halogenated alkanes) is 2. The Morgan fingerprint density at radius 1 is 0.357 bits per heavy atom. The number of ether oxygens (including phenoxy) is 16. The minimum absolute atomic E-state index is 0.0533. The number of imidazole rings is 3. The molecule has 0 unspecified atom stereocenters. The van der Waals surface area contributed by atoms with Crippen molar-refractivity contribution in [3.8, 4) is 0 Å². The van der Waals surface area contributed by atoms with Crippen molar-refractivity contribution < 1.29 is 119 Å². The van der Waals surface area contributed by atoms with E-state index in [-0.39, 0.29) is 67.8 Å². The predicted octanol–water partition coefficient (Wildman–Crippen LogP) is 3.05. The second-order valence-electron chi connectivity index (χ2n) is 25.5. The summed E-state index contributed by atoms with van der Waals surface area (Å²) in [5, 5.41) is 27.7. The zero-order valence-corrected chi connectivity index (χ0v) is 67.3. The lowest BCUT2D eigenvalue weighted by molar-refractivity contribution is -0.138. The monoisotopic (exact) mass is 1630 g/mol. The fourth-order valence-corrected chi connectivity index (χ4v) is 10.3. The van der Waals surface area contributed by atoms with Crippen LogP contribution >= 0.6 is 0 Å². The average Bonchev–Trinajstić information content (AvgIpc) is 1.72. The smallest absolute Gasteiger partial charge is 0.303 e. The van der Waals surface area contributed by atoms with Gasteiger partial charge in [-0.3, -0.25) is 48.6 Å². The highest BCUT2D eigenvalue weighted by molar-refractivity contribution is 6.04. The van der Waals surface area contributed by atoms with Gasteiger partial charge < -0.3 is 136 Å². The number of aliphatic carboxylic acids is 1. The SMILES string of the molecule is COCCOCCOCCOCCOCCOCCOCCOCCN(CCCCCn1cc(NC(=O)c2nccn2C)cc1NC(=O)CCC(=O)Nc1cn(C)c(C(=O)Nc2cc(NC(=O)CCC(=O)Nc3cn(C)c(NC(=O)CCC(=O)O)n3)n(C)c2)n1)CCOCCOCCOCCOCCOCCOCCOCCOC. The molecule has 0 spiro atoms. The summed E-state index contributed by atoms with van der Waals surface area (Å²) in [6, 6.07) is 3.14. The van der Waals surface area contributed by atoms with E-state index in [1.807, 2.05) is 4.57 Å². The van der Waals surface area contributed by atoms with Crippen LogP contribution in [0.4, 0.5) is 40.6 Å². The Morgan fingerprint density at radius 2 is 0.722 bits per heavy atom. The van der Waals surface area contributed by atoms with Crippen LogP contribution in [0.15, 0.2) is 49.3 Å². The number of aromatic nitrogens is 8. The minimum Gasteiger partial charge on any atom is -0.481 e. The second-order valence-corrected chi connectivity index (χ2v) is 25.5. The van der Waals surface area contributed by atoms with Crippen molar-refractivity contribution in [2.75, 3.05) is 269 Å². The third-order valence-electron chi connectivity index (χ3n) is 16.2. The quantitative estimate of drug-likeness (QED) is 0.0259. The van der Waals surface area contributed by atoms with Gasteiger partial charge in [-0.15, -0.1) is 0 Å². The van der Waals surface area contributed by atoms with Crippen molar-refractivity contribution in [2.45, 2.75) is 64.3 Å². The first-order valence-electron chi connectivity index (χ1n) is 38.4. The summed E-state index contributed by atoms with van der Waals surface area (Å²) in [6.07, 6.45) is 10.1. The number of hydrogen-bond donors (Lipinski definition) is 8. The van der Waals surface area contributed by atoms with Crippen molar-refractivity contribution >= 4 is 87.9 Å². The molecule has 5 heterocycles. The van der Waals surface area contributed by atoms with Crippen LogP contribution < -0.4 is 37.2 Å². The molecule has 115 heavy (non-hydrogen) atoms. The van der Waals surface area contributed by atoms with Crippen LogP contribution in [0.3, 0.4) is 0 Å². The molecule has 0 atom stereocenters. The van der Waals surface area contributed by atoms with E-state index in [9.17, 15) is 38.4 Å². The number of hydrogen-bond acceptors (Lipinski definition) is 28. The van der Waals surface area contributed by atoms with E-state index in [0.29, 0.717) is 247 Å². The number of methoxy groups -OCH3 is 2. The molecule has 5 aromatic rings. The number of carboxylic acids is 1. The molecule has 0 radical (unpaired) electrons. The van der Waals surface area contributed by atoms with Crippen LogP contribution in [-0.2, 0) is 139 Å². The highest BCUT2D eigenvalue weighted by Crippen LogP contribution is 2.23. The molecule has 0 aromatic carbocycles. The summed E-state index contributed by atoms with van der Waals surface area (Å²) in [5.41, 5.74) is 0.714. The summed E-state index contributed by atoms with van der Waals surface area (Å²) in [7, 11) is 9.73. The normalized spacial score (nSPS) is 11.4. The number of anilines is 7. The molecule has 7 amide bonds. The Labute approximate surface area is 670 Å². The molecule has 0 aliphatic rings. The number of amides is 7. The van der Waals surface area contributed by atoms with Crippen LogP contribution in [0.1, 0.15) is 79.0 Å². The highest BCUT2D eigenvalue weighted by atomic mass is 16.6. The van der Waals surface area contributed by atoms with Gasteiger partial charge in [-0.05, 0) is 19.4 Å². The van der Waals surface area contributed by atoms with E-state index in [1.165, 1.54) is 33.8 Å². The Hall–Kier alpha value is -8.73. The van der Waals surface area contributed by atoms with Gasteiger partial charge >= 0.3 is 5.97 Å². The molecule has 0 saturated heterocycles. The zero-order valence-electron chi connectivity index (χ0n) is 67.3. The van der Waals surface area contributed by atoms with Crippen LogP contribution in [0.2, 0.25) is 0 Å². The van der Waals surface area contributed by atoms with E-state index >= 15 is 0 Å². The molecule has 5 rings (SSSR count). The fraction of sp³-hybridized carbons (Fsp3) is 0.662. The lowest BCUT2D eigenvalue weighted by Crippen LogP contribution is -2.32. The molecular weight excluding hydrogens is 1510 g/mol. The van der Waals surface area contributed by atoms with Gasteiger partial charge in [0, 0.05) is 143 Å². The van der Waals surface area contributed by atoms with E-state index in [4.69, 9.17) is 80.9 Å². The topological polar surface area (TPSA) is 455 Å². The van der Waals surface area contributed by atoms with E-state index in [0.717, 1.165) is 19.4 Å². The summed E-state index contributed by atoms with van der Waals surface area (Å²) in [5.74, 6) is -3.79. The van der Waals surface area contributed by atoms with Crippen molar-refractivity contribution in [3.63, 3.8) is 0 Å². The van der Waals surface area contributed by atoms with Gasteiger partial charge in [0.25, 0.3) is 11.8 Å². The number of carbonyl (C=O) groups is 8. The van der Waals surface area contributed by atoms with E-state index in [1.54, 1.807) is 76.2 Å². The summed E-state index contributed by atoms with van der Waals surface area (Å²) in [6.45, 7) is 16.4. The third-order valence-corrected chi connectivity index (χ3v) is 16.2. The van der Waals surface area contributed by atoms with Crippen LogP contribution in [0.25, 0.3) is 0 Å². The Bertz CT molecular complexity index is 3500. The lowest BCUT2D eigenvalue weighted by atomic mass is 10.2. The van der Waals surface area contributed by atoms with Crippen molar-refractivity contribution in [1.29, 1.82) is 0 Å². The van der Waals surface area contributed by atoms with E-state index in [2.05, 4.69) is 57.1 Å². The Morgan fingerprint density at radius 3 is 1.15 bits per heavy atom. The average molecular weight is 1630 g/mol. The summed E-state index contributed by atoms with van der Waals surface area (Å²) >= 11 is 0. The molecule has 0 saturated carbocycles. The van der Waals surface area contributed by atoms with Gasteiger partial charge in [0.15, 0.2) is 17.5 Å². The van der Waals surface area contributed by atoms with Crippen molar-refractivity contribution in [3.05, 3.63) is 61.0 Å². The first-order chi connectivity index (χ1) is 55.9. The van der Waals surface area contributed by atoms with Gasteiger partial charge in [0.05, 0.1) is 216 Å². The summed E-state index contributed by atoms with van der Waals surface area (Å²) in [4.78, 5) is 117. The molecular formula is C74H120N16O25. The number of carboxylic acid groups (broad SMARTS) is 1. The zero-order chi connectivity index (χ0) is 82.7. The van der Waals surface area contributed by atoms with Gasteiger partial charge in [-0.2, -0.15) is 4.98 Å². The van der Waals surface area contributed by atoms with Crippen molar-refractivity contribution in [1.82, 2.24) is 42.7 Å². The molecule has 41 nitrogen and oxygen atoms in total. The maximum atomic E-state index is 13.6. The van der Waals surface area contributed by atoms with Gasteiger partial charge in [-0.1, -0.05) is 6.42 Å². The Kier molecular flexibility index (Phi) is 51.2. The van der Waals surface area contributed by atoms with Gasteiger partial charge in [0.2, 0.25) is 41.3 Å². The Balaban J connectivity index is 1.02. The number of aryl methyl sites for hydroxylation is 5. The van der Waals surface area contributed by atoms with Crippen molar-refractivity contribution in [2.24, 2.45) is 28.2 Å². The number of nitrogens with zero attached hydrogens (tertiary/aromatic N) is 9. The molecule has 0 fully saturated rings. The van der Waals surface area contributed by atoms with Gasteiger partial charge in [-0.25, -0.2) is 9.97 Å². The minimum atomic E-state index is -1.13. The van der Waals surface area contributed by atoms with E-state index < -0.39 is 47.3 Å². The second kappa shape index (κ2) is 60.7. The van der Waals surface area contributed by atoms with Crippen LogP contribution in [-0.4, -0.2) is 327 Å².